The van der Waals surface area contributed by atoms with Crippen LogP contribution in [0.2, 0.25) is 0 Å². The van der Waals surface area contributed by atoms with Gasteiger partial charge in [0.2, 0.25) is 0 Å². The fourth-order valence-corrected chi connectivity index (χ4v) is 4.70. The van der Waals surface area contributed by atoms with E-state index >= 15 is 0 Å². The van der Waals surface area contributed by atoms with Crippen LogP contribution < -0.4 is 5.32 Å². The van der Waals surface area contributed by atoms with E-state index in [1.165, 1.54) is 35.4 Å². The van der Waals surface area contributed by atoms with Crippen molar-refractivity contribution >= 4 is 22.7 Å². The van der Waals surface area contributed by atoms with Crippen LogP contribution in [0, 0.1) is 5.41 Å². The largest absolute Gasteiger partial charge is 0.302 e. The summed E-state index contributed by atoms with van der Waals surface area (Å²) in [5.41, 5.74) is 0.541. The molecule has 1 nitrogen and oxygen atoms in total. The smallest absolute Gasteiger partial charge is 0.0766 e. The molecule has 20 heavy (non-hydrogen) atoms. The van der Waals surface area contributed by atoms with Crippen molar-refractivity contribution in [3.8, 4) is 0 Å². The fourth-order valence-electron chi connectivity index (χ4n) is 3.02. The van der Waals surface area contributed by atoms with E-state index in [9.17, 15) is 0 Å². The molecular weight excluding hydrogens is 282 g/mol. The standard InChI is InChI=1S/C17H23NS2/c1-17(2)9-7-13(8-10-17)18-16(14-5-3-11-19-14)15-6-4-12-20-15/h3-6,11-13,16,18H,7-10H2,1-2H3. The monoisotopic (exact) mass is 305 g/mol. The second kappa shape index (κ2) is 6.00. The highest BCUT2D eigenvalue weighted by Crippen LogP contribution is 2.37. The molecule has 2 aromatic heterocycles. The van der Waals surface area contributed by atoms with Gasteiger partial charge in [-0.05, 0) is 54.0 Å². The Hall–Kier alpha value is -0.640. The summed E-state index contributed by atoms with van der Waals surface area (Å²) in [4.78, 5) is 2.88. The Bertz CT molecular complexity index is 469. The molecule has 1 aliphatic carbocycles. The van der Waals surface area contributed by atoms with Gasteiger partial charge in [-0.2, -0.15) is 0 Å². The maximum Gasteiger partial charge on any atom is 0.0766 e. The molecule has 0 atom stereocenters. The molecule has 1 N–H and O–H groups in total. The lowest BCUT2D eigenvalue weighted by Crippen LogP contribution is -2.37. The molecule has 1 saturated carbocycles. The van der Waals surface area contributed by atoms with Crippen LogP contribution in [0.15, 0.2) is 35.0 Å². The third-order valence-corrected chi connectivity index (χ3v) is 6.27. The van der Waals surface area contributed by atoms with Crippen molar-refractivity contribution in [3.63, 3.8) is 0 Å². The second-order valence-corrected chi connectivity index (χ2v) is 8.53. The van der Waals surface area contributed by atoms with Crippen molar-refractivity contribution in [2.45, 2.75) is 51.6 Å². The van der Waals surface area contributed by atoms with Gasteiger partial charge in [-0.1, -0.05) is 26.0 Å². The Balaban J connectivity index is 1.72. The molecule has 0 aromatic carbocycles. The van der Waals surface area contributed by atoms with Gasteiger partial charge in [-0.25, -0.2) is 0 Å². The van der Waals surface area contributed by atoms with E-state index in [4.69, 9.17) is 0 Å². The fraction of sp³-hybridized carbons (Fsp3) is 0.529. The summed E-state index contributed by atoms with van der Waals surface area (Å²) in [6.45, 7) is 4.80. The quantitative estimate of drug-likeness (QED) is 0.791. The zero-order valence-corrected chi connectivity index (χ0v) is 13.9. The van der Waals surface area contributed by atoms with Crippen molar-refractivity contribution in [1.29, 1.82) is 0 Å². The molecule has 0 spiro atoms. The molecule has 0 bridgehead atoms. The molecule has 1 fully saturated rings. The lowest BCUT2D eigenvalue weighted by molar-refractivity contribution is 0.202. The minimum absolute atomic E-state index is 0.390. The first-order valence-electron chi connectivity index (χ1n) is 7.47. The molecule has 0 amide bonds. The zero-order valence-electron chi connectivity index (χ0n) is 12.3. The van der Waals surface area contributed by atoms with Gasteiger partial charge < -0.3 is 5.32 Å². The number of nitrogens with one attached hydrogen (secondary N) is 1. The zero-order chi connectivity index (χ0) is 14.0. The molecule has 0 radical (unpaired) electrons. The number of thiophene rings is 2. The van der Waals surface area contributed by atoms with Crippen LogP contribution in [0.4, 0.5) is 0 Å². The van der Waals surface area contributed by atoms with Gasteiger partial charge in [0.15, 0.2) is 0 Å². The summed E-state index contributed by atoms with van der Waals surface area (Å²) in [6, 6.07) is 9.89. The van der Waals surface area contributed by atoms with Gasteiger partial charge in [0.25, 0.3) is 0 Å². The maximum absolute atomic E-state index is 3.92. The average molecular weight is 306 g/mol. The Morgan fingerprint density at radius 2 is 1.60 bits per heavy atom. The summed E-state index contributed by atoms with van der Waals surface area (Å²) >= 11 is 3.72. The SMILES string of the molecule is CC1(C)CCC(NC(c2cccs2)c2cccs2)CC1. The Kier molecular flexibility index (Phi) is 4.29. The van der Waals surface area contributed by atoms with Crippen LogP contribution in [-0.4, -0.2) is 6.04 Å². The number of hydrogen-bond acceptors (Lipinski definition) is 3. The summed E-state index contributed by atoms with van der Waals surface area (Å²) in [5, 5.41) is 8.28. The van der Waals surface area contributed by atoms with Gasteiger partial charge >= 0.3 is 0 Å². The normalized spacial score (nSPS) is 19.6. The van der Waals surface area contributed by atoms with Crippen molar-refractivity contribution in [1.82, 2.24) is 5.32 Å². The first-order chi connectivity index (χ1) is 9.64. The summed E-state index contributed by atoms with van der Waals surface area (Å²) < 4.78 is 0. The Morgan fingerprint density at radius 1 is 1.05 bits per heavy atom. The maximum atomic E-state index is 3.92. The highest BCUT2D eigenvalue weighted by molar-refractivity contribution is 7.11. The third-order valence-electron chi connectivity index (χ3n) is 4.40. The van der Waals surface area contributed by atoms with E-state index in [0.29, 0.717) is 17.5 Å². The lowest BCUT2D eigenvalue weighted by atomic mass is 9.75. The lowest BCUT2D eigenvalue weighted by Gasteiger charge is -2.36. The molecule has 2 aromatic rings. The average Bonchev–Trinajstić information content (AvgIpc) is 3.11. The Morgan fingerprint density at radius 3 is 2.05 bits per heavy atom. The topological polar surface area (TPSA) is 12.0 Å². The van der Waals surface area contributed by atoms with E-state index in [-0.39, 0.29) is 0 Å². The van der Waals surface area contributed by atoms with Crippen LogP contribution in [0.1, 0.15) is 55.3 Å². The van der Waals surface area contributed by atoms with E-state index < -0.39 is 0 Å². The van der Waals surface area contributed by atoms with Crippen molar-refractivity contribution in [2.75, 3.05) is 0 Å². The second-order valence-electron chi connectivity index (χ2n) is 6.57. The molecule has 0 aliphatic heterocycles. The highest BCUT2D eigenvalue weighted by atomic mass is 32.1. The van der Waals surface area contributed by atoms with Crippen LogP contribution in [0.5, 0.6) is 0 Å². The molecule has 2 heterocycles. The van der Waals surface area contributed by atoms with Crippen LogP contribution in [-0.2, 0) is 0 Å². The predicted molar refractivity (Wildman–Crippen MR) is 89.7 cm³/mol. The van der Waals surface area contributed by atoms with E-state index in [0.717, 1.165) is 0 Å². The summed E-state index contributed by atoms with van der Waals surface area (Å²) in [6.07, 6.45) is 5.29. The molecule has 0 unspecified atom stereocenters. The van der Waals surface area contributed by atoms with Crippen LogP contribution in [0.3, 0.4) is 0 Å². The van der Waals surface area contributed by atoms with Gasteiger partial charge in [-0.3, -0.25) is 0 Å². The molecule has 108 valence electrons. The minimum Gasteiger partial charge on any atom is -0.302 e. The van der Waals surface area contributed by atoms with E-state index in [2.05, 4.69) is 54.2 Å². The summed E-state index contributed by atoms with van der Waals surface area (Å²) in [5.74, 6) is 0. The van der Waals surface area contributed by atoms with Gasteiger partial charge in [-0.15, -0.1) is 22.7 Å². The number of rotatable bonds is 4. The molecular formula is C17H23NS2. The molecule has 3 rings (SSSR count). The van der Waals surface area contributed by atoms with Crippen LogP contribution in [0.25, 0.3) is 0 Å². The van der Waals surface area contributed by atoms with E-state index in [1.807, 2.05) is 22.7 Å². The molecule has 3 heteroatoms. The van der Waals surface area contributed by atoms with Crippen molar-refractivity contribution in [2.24, 2.45) is 5.41 Å². The Labute approximate surface area is 130 Å². The predicted octanol–water partition coefficient (Wildman–Crippen LogP) is 5.46. The first kappa shape index (κ1) is 14.3. The van der Waals surface area contributed by atoms with Gasteiger partial charge in [0.05, 0.1) is 6.04 Å². The van der Waals surface area contributed by atoms with Gasteiger partial charge in [0, 0.05) is 15.8 Å². The highest BCUT2D eigenvalue weighted by Gasteiger charge is 2.29. The minimum atomic E-state index is 0.390. The molecule has 1 aliphatic rings. The van der Waals surface area contributed by atoms with Crippen molar-refractivity contribution < 1.29 is 0 Å². The van der Waals surface area contributed by atoms with Gasteiger partial charge in [0.1, 0.15) is 0 Å². The number of hydrogen-bond donors (Lipinski definition) is 1. The first-order valence-corrected chi connectivity index (χ1v) is 9.23. The van der Waals surface area contributed by atoms with Crippen molar-refractivity contribution in [3.05, 3.63) is 44.8 Å². The molecule has 0 saturated heterocycles. The third kappa shape index (κ3) is 3.33. The van der Waals surface area contributed by atoms with E-state index in [1.54, 1.807) is 0 Å². The van der Waals surface area contributed by atoms with Crippen LogP contribution >= 0.6 is 22.7 Å². The summed E-state index contributed by atoms with van der Waals surface area (Å²) in [7, 11) is 0.